The molecule has 1 aliphatic heterocycles. The van der Waals surface area contributed by atoms with Gasteiger partial charge < -0.3 is 4.74 Å². The molecule has 1 saturated heterocycles. The molecule has 2 aliphatic carbocycles. The monoisotopic (exact) mass is 138 g/mol. The molecule has 0 amide bonds. The lowest BCUT2D eigenvalue weighted by atomic mass is 9.82. The van der Waals surface area contributed by atoms with E-state index in [1.54, 1.807) is 0 Å². The molecule has 0 N–H and O–H groups in total. The van der Waals surface area contributed by atoms with Gasteiger partial charge in [-0.05, 0) is 36.5 Å². The highest BCUT2D eigenvalue weighted by Gasteiger charge is 2.54. The quantitative estimate of drug-likeness (QED) is 0.495. The molecule has 5 atom stereocenters. The Morgan fingerprint density at radius 1 is 1.20 bits per heavy atom. The van der Waals surface area contributed by atoms with Crippen molar-refractivity contribution < 1.29 is 4.74 Å². The van der Waals surface area contributed by atoms with Crippen LogP contribution >= 0.6 is 0 Å². The predicted molar refractivity (Wildman–Crippen MR) is 38.6 cm³/mol. The largest absolute Gasteiger partial charge is 0.378 e. The van der Waals surface area contributed by atoms with E-state index in [4.69, 9.17) is 4.74 Å². The fourth-order valence-electron chi connectivity index (χ4n) is 3.39. The summed E-state index contributed by atoms with van der Waals surface area (Å²) in [6.07, 6.45) is 3.55. The van der Waals surface area contributed by atoms with Gasteiger partial charge in [0.15, 0.2) is 0 Å². The van der Waals surface area contributed by atoms with Crippen LogP contribution in [-0.4, -0.2) is 12.7 Å². The van der Waals surface area contributed by atoms with Crippen LogP contribution in [-0.2, 0) is 4.74 Å². The van der Waals surface area contributed by atoms with Crippen molar-refractivity contribution in [3.63, 3.8) is 0 Å². The van der Waals surface area contributed by atoms with Gasteiger partial charge in [-0.1, -0.05) is 6.92 Å². The number of fused-ring (bicyclic) bond motifs is 1. The molecule has 0 radical (unpaired) electrons. The maximum Gasteiger partial charge on any atom is 0.0609 e. The van der Waals surface area contributed by atoms with Crippen LogP contribution < -0.4 is 0 Å². The van der Waals surface area contributed by atoms with Crippen LogP contribution in [0.5, 0.6) is 0 Å². The molecule has 2 bridgehead atoms. The Bertz CT molecular complexity index is 164. The van der Waals surface area contributed by atoms with Gasteiger partial charge in [0.25, 0.3) is 0 Å². The summed E-state index contributed by atoms with van der Waals surface area (Å²) in [7, 11) is 0. The van der Waals surface area contributed by atoms with Crippen molar-refractivity contribution >= 4 is 0 Å². The van der Waals surface area contributed by atoms with Gasteiger partial charge in [-0.15, -0.1) is 0 Å². The smallest absolute Gasteiger partial charge is 0.0609 e. The molecule has 0 aromatic rings. The SMILES string of the molecule is CC1C2CC3OCC1C3C2. The molecule has 1 heterocycles. The molecule has 2 saturated carbocycles. The second kappa shape index (κ2) is 1.58. The third-order valence-corrected chi connectivity index (χ3v) is 4.06. The van der Waals surface area contributed by atoms with Crippen LogP contribution in [0.2, 0.25) is 0 Å². The van der Waals surface area contributed by atoms with E-state index in [9.17, 15) is 0 Å². The zero-order valence-electron chi connectivity index (χ0n) is 6.42. The predicted octanol–water partition coefficient (Wildman–Crippen LogP) is 1.68. The number of ether oxygens (including phenoxy) is 1. The van der Waals surface area contributed by atoms with Gasteiger partial charge in [0, 0.05) is 0 Å². The summed E-state index contributed by atoms with van der Waals surface area (Å²) in [6.45, 7) is 3.49. The Balaban J connectivity index is 2.00. The lowest BCUT2D eigenvalue weighted by molar-refractivity contribution is 0.101. The molecular weight excluding hydrogens is 124 g/mol. The maximum absolute atomic E-state index is 5.70. The molecule has 0 aromatic carbocycles. The molecule has 0 spiro atoms. The molecule has 3 rings (SSSR count). The Morgan fingerprint density at radius 3 is 2.80 bits per heavy atom. The van der Waals surface area contributed by atoms with E-state index in [0.29, 0.717) is 6.10 Å². The molecule has 10 heavy (non-hydrogen) atoms. The molecule has 3 aliphatic rings. The zero-order chi connectivity index (χ0) is 6.72. The Morgan fingerprint density at radius 2 is 2.10 bits per heavy atom. The molecular formula is C9H14O. The minimum absolute atomic E-state index is 0.686. The summed E-state index contributed by atoms with van der Waals surface area (Å²) in [4.78, 5) is 0. The first kappa shape index (κ1) is 5.59. The summed E-state index contributed by atoms with van der Waals surface area (Å²) < 4.78 is 5.70. The zero-order valence-corrected chi connectivity index (χ0v) is 6.42. The first-order valence-electron chi connectivity index (χ1n) is 4.48. The first-order valence-corrected chi connectivity index (χ1v) is 4.48. The molecule has 1 nitrogen and oxygen atoms in total. The summed E-state index contributed by atoms with van der Waals surface area (Å²) in [5.74, 6) is 3.93. The van der Waals surface area contributed by atoms with Crippen LogP contribution in [0.3, 0.4) is 0 Å². The third-order valence-electron chi connectivity index (χ3n) is 4.06. The van der Waals surface area contributed by atoms with Crippen molar-refractivity contribution in [1.82, 2.24) is 0 Å². The molecule has 3 fully saturated rings. The minimum atomic E-state index is 0.686. The highest BCUT2D eigenvalue weighted by Crippen LogP contribution is 2.56. The maximum atomic E-state index is 5.70. The van der Waals surface area contributed by atoms with Crippen LogP contribution in [0.15, 0.2) is 0 Å². The lowest BCUT2D eigenvalue weighted by Crippen LogP contribution is -2.22. The van der Waals surface area contributed by atoms with Crippen molar-refractivity contribution in [2.24, 2.45) is 23.7 Å². The van der Waals surface area contributed by atoms with Crippen LogP contribution in [0.1, 0.15) is 19.8 Å². The van der Waals surface area contributed by atoms with Crippen LogP contribution in [0, 0.1) is 23.7 Å². The fraction of sp³-hybridized carbons (Fsp3) is 1.00. The third kappa shape index (κ3) is 0.460. The van der Waals surface area contributed by atoms with E-state index in [-0.39, 0.29) is 0 Å². The van der Waals surface area contributed by atoms with E-state index in [0.717, 1.165) is 30.3 Å². The highest BCUT2D eigenvalue weighted by molar-refractivity contribution is 5.03. The van der Waals surface area contributed by atoms with Crippen molar-refractivity contribution in [3.05, 3.63) is 0 Å². The van der Waals surface area contributed by atoms with Crippen LogP contribution in [0.25, 0.3) is 0 Å². The van der Waals surface area contributed by atoms with Gasteiger partial charge in [0.2, 0.25) is 0 Å². The van der Waals surface area contributed by atoms with E-state index in [1.807, 2.05) is 0 Å². The van der Waals surface area contributed by atoms with Crippen molar-refractivity contribution in [2.45, 2.75) is 25.9 Å². The topological polar surface area (TPSA) is 9.23 Å². The summed E-state index contributed by atoms with van der Waals surface area (Å²) in [5.41, 5.74) is 0. The van der Waals surface area contributed by atoms with Gasteiger partial charge in [-0.25, -0.2) is 0 Å². The van der Waals surface area contributed by atoms with Gasteiger partial charge in [0.1, 0.15) is 0 Å². The van der Waals surface area contributed by atoms with Gasteiger partial charge in [0.05, 0.1) is 12.7 Å². The average molecular weight is 138 g/mol. The first-order chi connectivity index (χ1) is 4.86. The van der Waals surface area contributed by atoms with Gasteiger partial charge >= 0.3 is 0 Å². The summed E-state index contributed by atoms with van der Waals surface area (Å²) in [6, 6.07) is 0. The van der Waals surface area contributed by atoms with Gasteiger partial charge in [-0.3, -0.25) is 0 Å². The molecule has 5 unspecified atom stereocenters. The number of rotatable bonds is 0. The standard InChI is InChI=1S/C9H14O/c1-5-6-2-7-8(5)4-10-9(7)3-6/h5-9H,2-4H2,1H3. The van der Waals surface area contributed by atoms with E-state index >= 15 is 0 Å². The van der Waals surface area contributed by atoms with E-state index in [1.165, 1.54) is 12.8 Å². The molecule has 56 valence electrons. The second-order valence-electron chi connectivity index (χ2n) is 4.29. The average Bonchev–Trinajstić information content (AvgIpc) is 2.43. The van der Waals surface area contributed by atoms with E-state index < -0.39 is 0 Å². The minimum Gasteiger partial charge on any atom is -0.378 e. The summed E-state index contributed by atoms with van der Waals surface area (Å²) >= 11 is 0. The lowest BCUT2D eigenvalue weighted by Gasteiger charge is -2.21. The van der Waals surface area contributed by atoms with Crippen molar-refractivity contribution in [2.75, 3.05) is 6.61 Å². The Labute approximate surface area is 61.8 Å². The Hall–Kier alpha value is -0.0400. The van der Waals surface area contributed by atoms with Crippen molar-refractivity contribution in [3.8, 4) is 0 Å². The normalized spacial score (nSPS) is 63.9. The number of hydrogen-bond donors (Lipinski definition) is 0. The molecule has 0 aromatic heterocycles. The van der Waals surface area contributed by atoms with Gasteiger partial charge in [-0.2, -0.15) is 0 Å². The molecule has 1 heteroatoms. The second-order valence-corrected chi connectivity index (χ2v) is 4.29. The fourth-order valence-corrected chi connectivity index (χ4v) is 3.39. The Kier molecular flexibility index (Phi) is 0.883. The number of hydrogen-bond acceptors (Lipinski definition) is 1. The van der Waals surface area contributed by atoms with Crippen LogP contribution in [0.4, 0.5) is 0 Å². The van der Waals surface area contributed by atoms with Crippen molar-refractivity contribution in [1.29, 1.82) is 0 Å². The highest BCUT2D eigenvalue weighted by atomic mass is 16.5. The summed E-state index contributed by atoms with van der Waals surface area (Å²) in [5, 5.41) is 0. The van der Waals surface area contributed by atoms with E-state index in [2.05, 4.69) is 6.92 Å².